The van der Waals surface area contributed by atoms with Gasteiger partial charge in [-0.25, -0.2) is 0 Å². The van der Waals surface area contributed by atoms with Gasteiger partial charge in [-0.05, 0) is 57.8 Å². The fraction of sp³-hybridized carbons (Fsp3) is 0.909. The van der Waals surface area contributed by atoms with E-state index in [0.29, 0.717) is 19.4 Å². The van der Waals surface area contributed by atoms with Crippen molar-refractivity contribution in [2.24, 2.45) is 0 Å². The molecule has 0 saturated carbocycles. The number of aliphatic hydroxyl groups is 2. The zero-order valence-electron chi connectivity index (χ0n) is 48.7. The number of aliphatic hydroxyl groups excluding tert-OH is 2. The summed E-state index contributed by atoms with van der Waals surface area (Å²) >= 11 is 0. The summed E-state index contributed by atoms with van der Waals surface area (Å²) in [6.07, 6.45) is 76.8. The van der Waals surface area contributed by atoms with Crippen LogP contribution in [0.15, 0.2) is 24.3 Å². The second kappa shape index (κ2) is 61.9. The molecule has 6 heteroatoms. The van der Waals surface area contributed by atoms with Gasteiger partial charge in [0, 0.05) is 12.8 Å². The molecule has 3 N–H and O–H groups in total. The average molecular weight is 1010 g/mol. The van der Waals surface area contributed by atoms with Crippen molar-refractivity contribution >= 4 is 11.9 Å². The summed E-state index contributed by atoms with van der Waals surface area (Å²) in [6, 6.07) is -0.623. The Hall–Kier alpha value is -1.66. The number of rotatable bonds is 61. The lowest BCUT2D eigenvalue weighted by atomic mass is 10.0. The van der Waals surface area contributed by atoms with Crippen LogP contribution in [0.1, 0.15) is 361 Å². The Balaban J connectivity index is 3.34. The van der Waals surface area contributed by atoms with Crippen LogP contribution in [0, 0.1) is 0 Å². The van der Waals surface area contributed by atoms with Gasteiger partial charge in [0.2, 0.25) is 5.91 Å². The largest absolute Gasteiger partial charge is 0.466 e. The van der Waals surface area contributed by atoms with E-state index in [1.54, 1.807) is 6.08 Å². The van der Waals surface area contributed by atoms with E-state index in [1.165, 1.54) is 295 Å². The second-order valence-corrected chi connectivity index (χ2v) is 22.5. The summed E-state index contributed by atoms with van der Waals surface area (Å²) in [4.78, 5) is 24.4. The van der Waals surface area contributed by atoms with Gasteiger partial charge in [0.05, 0.1) is 25.4 Å². The Labute approximate surface area is 450 Å². The lowest BCUT2D eigenvalue weighted by Crippen LogP contribution is -2.45. The van der Waals surface area contributed by atoms with Gasteiger partial charge in [0.25, 0.3) is 0 Å². The van der Waals surface area contributed by atoms with Crippen LogP contribution in [0.2, 0.25) is 0 Å². The van der Waals surface area contributed by atoms with Gasteiger partial charge in [0.15, 0.2) is 0 Å². The minimum absolute atomic E-state index is 0.0183. The minimum Gasteiger partial charge on any atom is -0.466 e. The molecule has 0 aliphatic heterocycles. The maximum Gasteiger partial charge on any atom is 0.305 e. The highest BCUT2D eigenvalue weighted by molar-refractivity contribution is 5.76. The Morgan fingerprint density at radius 3 is 0.986 bits per heavy atom. The highest BCUT2D eigenvalue weighted by atomic mass is 16.5. The first-order chi connectivity index (χ1) is 35.5. The normalized spacial score (nSPS) is 12.7. The molecular weight excluding hydrogens is 887 g/mol. The van der Waals surface area contributed by atoms with E-state index >= 15 is 0 Å². The number of carbonyl (C=O) groups excluding carboxylic acids is 2. The van der Waals surface area contributed by atoms with Crippen molar-refractivity contribution in [3.8, 4) is 0 Å². The minimum atomic E-state index is -0.840. The molecule has 0 aromatic rings. The van der Waals surface area contributed by atoms with Crippen LogP contribution in [0.4, 0.5) is 0 Å². The number of unbranched alkanes of at least 4 members (excludes halogenated alkanes) is 48. The van der Waals surface area contributed by atoms with Crippen molar-refractivity contribution in [1.82, 2.24) is 5.32 Å². The maximum absolute atomic E-state index is 12.4. The highest BCUT2D eigenvalue weighted by Gasteiger charge is 2.18. The number of hydrogen-bond acceptors (Lipinski definition) is 5. The van der Waals surface area contributed by atoms with Gasteiger partial charge < -0.3 is 20.3 Å². The van der Waals surface area contributed by atoms with Crippen LogP contribution in [0.5, 0.6) is 0 Å². The molecule has 0 radical (unpaired) electrons. The zero-order valence-corrected chi connectivity index (χ0v) is 48.7. The van der Waals surface area contributed by atoms with Gasteiger partial charge >= 0.3 is 5.97 Å². The Morgan fingerprint density at radius 2 is 0.653 bits per heavy atom. The molecule has 6 nitrogen and oxygen atoms in total. The molecule has 0 heterocycles. The molecule has 0 saturated heterocycles. The van der Waals surface area contributed by atoms with E-state index in [1.807, 2.05) is 6.08 Å². The Morgan fingerprint density at radius 1 is 0.375 bits per heavy atom. The number of nitrogens with one attached hydrogen (secondary N) is 1. The van der Waals surface area contributed by atoms with Crippen molar-refractivity contribution < 1.29 is 24.5 Å². The number of carbonyl (C=O) groups is 2. The average Bonchev–Trinajstić information content (AvgIpc) is 3.38. The molecule has 0 rings (SSSR count). The van der Waals surface area contributed by atoms with Crippen molar-refractivity contribution in [2.75, 3.05) is 13.2 Å². The third-order valence-corrected chi connectivity index (χ3v) is 15.2. The molecule has 2 unspecified atom stereocenters. The molecular formula is C66H127NO5. The highest BCUT2D eigenvalue weighted by Crippen LogP contribution is 2.18. The third-order valence-electron chi connectivity index (χ3n) is 15.2. The van der Waals surface area contributed by atoms with Crippen LogP contribution in [0.3, 0.4) is 0 Å². The monoisotopic (exact) mass is 1010 g/mol. The molecule has 2 atom stereocenters. The van der Waals surface area contributed by atoms with Gasteiger partial charge in [-0.1, -0.05) is 314 Å². The fourth-order valence-corrected chi connectivity index (χ4v) is 10.2. The SMILES string of the molecule is CCCCCCCCCCC/C=C/C(O)C(CO)NC(=O)CCCCCCCCCCCCCCCCCCC/C=C\CCCCCCCCCCCCCCOC(=O)CCCCCCCCCCCCC. The molecule has 0 aliphatic rings. The molecule has 0 bridgehead atoms. The molecule has 426 valence electrons. The molecule has 72 heavy (non-hydrogen) atoms. The Bertz CT molecular complexity index is 1120. The third kappa shape index (κ3) is 57.6. The van der Waals surface area contributed by atoms with Crippen LogP contribution < -0.4 is 5.32 Å². The van der Waals surface area contributed by atoms with Crippen molar-refractivity contribution in [2.45, 2.75) is 373 Å². The number of ether oxygens (including phenoxy) is 1. The first-order valence-corrected chi connectivity index (χ1v) is 32.6. The molecule has 0 spiro atoms. The molecule has 1 amide bonds. The maximum atomic E-state index is 12.4. The van der Waals surface area contributed by atoms with Crippen molar-refractivity contribution in [3.05, 3.63) is 24.3 Å². The topological polar surface area (TPSA) is 95.9 Å². The quantitative estimate of drug-likeness (QED) is 0.0320. The van der Waals surface area contributed by atoms with Gasteiger partial charge in [-0.2, -0.15) is 0 Å². The van der Waals surface area contributed by atoms with E-state index in [4.69, 9.17) is 4.74 Å². The molecule has 0 aromatic heterocycles. The van der Waals surface area contributed by atoms with Gasteiger partial charge in [-0.3, -0.25) is 9.59 Å². The van der Waals surface area contributed by atoms with E-state index in [2.05, 4.69) is 31.3 Å². The van der Waals surface area contributed by atoms with Crippen LogP contribution in [0.25, 0.3) is 0 Å². The predicted molar refractivity (Wildman–Crippen MR) is 315 cm³/mol. The van der Waals surface area contributed by atoms with Crippen molar-refractivity contribution in [3.63, 3.8) is 0 Å². The van der Waals surface area contributed by atoms with Gasteiger partial charge in [0.1, 0.15) is 0 Å². The second-order valence-electron chi connectivity index (χ2n) is 22.5. The zero-order chi connectivity index (χ0) is 52.2. The summed E-state index contributed by atoms with van der Waals surface area (Å²) in [5.74, 6) is -0.0465. The summed E-state index contributed by atoms with van der Waals surface area (Å²) in [5.41, 5.74) is 0. The summed E-state index contributed by atoms with van der Waals surface area (Å²) in [7, 11) is 0. The lowest BCUT2D eigenvalue weighted by Gasteiger charge is -2.20. The molecule has 0 aromatic carbocycles. The summed E-state index contributed by atoms with van der Waals surface area (Å²) in [6.45, 7) is 4.91. The summed E-state index contributed by atoms with van der Waals surface area (Å²) in [5, 5.41) is 23.0. The van der Waals surface area contributed by atoms with E-state index < -0.39 is 12.1 Å². The van der Waals surface area contributed by atoms with Crippen LogP contribution >= 0.6 is 0 Å². The van der Waals surface area contributed by atoms with E-state index in [-0.39, 0.29) is 18.5 Å². The molecule has 0 fully saturated rings. The standard InChI is InChI=1S/C66H127NO5/c1-3-5-7-9-11-13-38-42-46-50-54-58-64(69)63(62-68)67-65(70)59-55-51-47-43-40-36-34-32-30-28-26-24-22-20-18-16-15-17-19-21-23-25-27-29-31-33-35-37-41-45-49-53-57-61-72-66(71)60-56-52-48-44-39-14-12-10-8-6-4-2/h19,21,54,58,63-64,68-69H,3-18,20,22-53,55-57,59-62H2,1-2H3,(H,67,70)/b21-19-,58-54+. The van der Waals surface area contributed by atoms with Crippen molar-refractivity contribution in [1.29, 1.82) is 0 Å². The predicted octanol–water partition coefficient (Wildman–Crippen LogP) is 20.6. The van der Waals surface area contributed by atoms with E-state index in [9.17, 15) is 19.8 Å². The first kappa shape index (κ1) is 70.3. The Kier molecular flexibility index (Phi) is 60.5. The number of hydrogen-bond donors (Lipinski definition) is 3. The summed E-state index contributed by atoms with van der Waals surface area (Å²) < 4.78 is 5.47. The molecule has 0 aliphatic carbocycles. The van der Waals surface area contributed by atoms with Crippen LogP contribution in [-0.4, -0.2) is 47.4 Å². The number of esters is 1. The lowest BCUT2D eigenvalue weighted by molar-refractivity contribution is -0.143. The van der Waals surface area contributed by atoms with E-state index in [0.717, 1.165) is 38.5 Å². The number of allylic oxidation sites excluding steroid dienone is 3. The van der Waals surface area contributed by atoms with Crippen LogP contribution in [-0.2, 0) is 14.3 Å². The fourth-order valence-electron chi connectivity index (χ4n) is 10.2. The number of amides is 1. The smallest absolute Gasteiger partial charge is 0.305 e. The first-order valence-electron chi connectivity index (χ1n) is 32.6. The van der Waals surface area contributed by atoms with Gasteiger partial charge in [-0.15, -0.1) is 0 Å².